The highest BCUT2D eigenvalue weighted by Crippen LogP contribution is 1.96. The zero-order valence-corrected chi connectivity index (χ0v) is 10.8. The lowest BCUT2D eigenvalue weighted by atomic mass is 10.3. The molecule has 2 rings (SSSR count). The summed E-state index contributed by atoms with van der Waals surface area (Å²) in [6, 6.07) is 0. The van der Waals surface area contributed by atoms with E-state index in [1.807, 2.05) is 0 Å². The van der Waals surface area contributed by atoms with Gasteiger partial charge in [0.05, 0.1) is 0 Å². The predicted molar refractivity (Wildman–Crippen MR) is 69.4 cm³/mol. The lowest BCUT2D eigenvalue weighted by molar-refractivity contribution is -0.145. The molecule has 1 aliphatic heterocycles. The summed E-state index contributed by atoms with van der Waals surface area (Å²) in [7, 11) is 0. The number of hydrogen-bond acceptors (Lipinski definition) is 4. The van der Waals surface area contributed by atoms with E-state index >= 15 is 0 Å². The molecule has 1 fully saturated rings. The van der Waals surface area contributed by atoms with Crippen LogP contribution in [0.25, 0.3) is 0 Å². The number of carbonyl (C=O) groups excluding carboxylic acids is 2. The molecule has 2 heterocycles. The van der Waals surface area contributed by atoms with E-state index in [-0.39, 0.29) is 0 Å². The van der Waals surface area contributed by atoms with Gasteiger partial charge in [-0.15, -0.1) is 0 Å². The summed E-state index contributed by atoms with van der Waals surface area (Å²) < 4.78 is 0. The Morgan fingerprint density at radius 2 is 2.26 bits per heavy atom. The topological polar surface area (TPSA) is 90.1 Å². The van der Waals surface area contributed by atoms with Crippen LogP contribution < -0.4 is 10.6 Å². The Kier molecular flexibility index (Phi) is 4.91. The van der Waals surface area contributed by atoms with Crippen LogP contribution in [0.4, 0.5) is 0 Å². The summed E-state index contributed by atoms with van der Waals surface area (Å²) in [5.74, 6) is -0.177. The maximum atomic E-state index is 11.9. The summed E-state index contributed by atoms with van der Waals surface area (Å²) in [6.45, 7) is 3.27. The van der Waals surface area contributed by atoms with Crippen LogP contribution in [-0.4, -0.2) is 59.4 Å². The number of aromatic nitrogens is 2. The van der Waals surface area contributed by atoms with Gasteiger partial charge in [0.2, 0.25) is 0 Å². The number of amides is 2. The fourth-order valence-electron chi connectivity index (χ4n) is 2.00. The summed E-state index contributed by atoms with van der Waals surface area (Å²) in [5.41, 5.74) is 0. The van der Waals surface area contributed by atoms with Crippen LogP contribution in [0.15, 0.2) is 12.4 Å². The van der Waals surface area contributed by atoms with Gasteiger partial charge in [-0.05, 0) is 13.0 Å². The zero-order valence-electron chi connectivity index (χ0n) is 10.8. The van der Waals surface area contributed by atoms with Crippen LogP contribution >= 0.6 is 0 Å². The quantitative estimate of drug-likeness (QED) is 0.605. The summed E-state index contributed by atoms with van der Waals surface area (Å²) in [4.78, 5) is 32.2. The number of rotatable bonds is 3. The number of imidazole rings is 1. The average molecular weight is 265 g/mol. The highest BCUT2D eigenvalue weighted by molar-refractivity contribution is 6.35. The van der Waals surface area contributed by atoms with Crippen molar-refractivity contribution in [2.75, 3.05) is 32.7 Å². The maximum absolute atomic E-state index is 11.9. The molecule has 0 aliphatic carbocycles. The smallest absolute Gasteiger partial charge is 0.311 e. The number of hydrogen-bond donors (Lipinski definition) is 3. The van der Waals surface area contributed by atoms with Crippen molar-refractivity contribution in [1.82, 2.24) is 25.5 Å². The molecule has 0 spiro atoms. The molecule has 3 N–H and O–H groups in total. The van der Waals surface area contributed by atoms with E-state index < -0.39 is 11.8 Å². The van der Waals surface area contributed by atoms with Gasteiger partial charge in [-0.2, -0.15) is 0 Å². The summed E-state index contributed by atoms with van der Waals surface area (Å²) >= 11 is 0. The van der Waals surface area contributed by atoms with Gasteiger partial charge in [-0.25, -0.2) is 4.98 Å². The zero-order chi connectivity index (χ0) is 13.5. The minimum Gasteiger partial charge on any atom is -0.349 e. The van der Waals surface area contributed by atoms with Gasteiger partial charge in [0.25, 0.3) is 0 Å². The Bertz CT molecular complexity index is 410. The molecule has 0 unspecified atom stereocenters. The Labute approximate surface area is 111 Å². The van der Waals surface area contributed by atoms with Crippen molar-refractivity contribution in [3.05, 3.63) is 18.2 Å². The monoisotopic (exact) mass is 265 g/mol. The van der Waals surface area contributed by atoms with Gasteiger partial charge in [0.15, 0.2) is 0 Å². The van der Waals surface area contributed by atoms with Gasteiger partial charge < -0.3 is 20.5 Å². The summed E-state index contributed by atoms with van der Waals surface area (Å²) in [5, 5.41) is 5.82. The minimum absolute atomic E-state index is 0.407. The first kappa shape index (κ1) is 13.5. The molecule has 0 radical (unpaired) electrons. The highest BCUT2D eigenvalue weighted by Gasteiger charge is 2.21. The molecule has 0 bridgehead atoms. The molecule has 2 amide bonds. The Balaban J connectivity index is 1.73. The number of nitrogens with zero attached hydrogens (tertiary/aromatic N) is 2. The molecule has 0 aromatic carbocycles. The summed E-state index contributed by atoms with van der Waals surface area (Å²) in [6.07, 6.45) is 4.86. The third-order valence-electron chi connectivity index (χ3n) is 3.02. The molecule has 1 saturated heterocycles. The molecule has 7 heteroatoms. The molecular weight excluding hydrogens is 246 g/mol. The largest absolute Gasteiger partial charge is 0.349 e. The van der Waals surface area contributed by atoms with Gasteiger partial charge in [-0.1, -0.05) is 0 Å². The molecule has 1 aromatic heterocycles. The fraction of sp³-hybridized carbons (Fsp3) is 0.583. The van der Waals surface area contributed by atoms with E-state index in [1.165, 1.54) is 0 Å². The van der Waals surface area contributed by atoms with Gasteiger partial charge >= 0.3 is 11.8 Å². The molecule has 0 saturated carbocycles. The molecule has 1 aromatic rings. The lowest BCUT2D eigenvalue weighted by Crippen LogP contribution is -2.44. The molecule has 1 aliphatic rings. The van der Waals surface area contributed by atoms with Crippen molar-refractivity contribution >= 4 is 11.8 Å². The fourth-order valence-corrected chi connectivity index (χ4v) is 2.00. The maximum Gasteiger partial charge on any atom is 0.311 e. The van der Waals surface area contributed by atoms with Gasteiger partial charge in [0, 0.05) is 45.0 Å². The Morgan fingerprint density at radius 1 is 1.37 bits per heavy atom. The SMILES string of the molecule is O=C(NCCc1ncc[nH]1)C(=O)N1CCCNCC1. The second-order valence-corrected chi connectivity index (χ2v) is 4.44. The van der Waals surface area contributed by atoms with Crippen molar-refractivity contribution in [2.45, 2.75) is 12.8 Å². The van der Waals surface area contributed by atoms with Crippen molar-refractivity contribution in [1.29, 1.82) is 0 Å². The van der Waals surface area contributed by atoms with Crippen LogP contribution in [0.2, 0.25) is 0 Å². The van der Waals surface area contributed by atoms with E-state index in [1.54, 1.807) is 17.3 Å². The van der Waals surface area contributed by atoms with Crippen LogP contribution in [0, 0.1) is 0 Å². The highest BCUT2D eigenvalue weighted by atomic mass is 16.2. The van der Waals surface area contributed by atoms with E-state index in [0.29, 0.717) is 26.1 Å². The molecule has 104 valence electrons. The molecule has 0 atom stereocenters. The Hall–Kier alpha value is -1.89. The number of aromatic amines is 1. The third kappa shape index (κ3) is 4.06. The standard InChI is InChI=1S/C12H19N5O2/c18-11(16-4-2-10-14-5-6-15-10)12(19)17-8-1-3-13-7-9-17/h5-6,13H,1-4,7-9H2,(H,14,15)(H,16,18). The van der Waals surface area contributed by atoms with E-state index in [4.69, 9.17) is 0 Å². The number of H-pyrrole nitrogens is 1. The van der Waals surface area contributed by atoms with E-state index in [9.17, 15) is 9.59 Å². The first-order chi connectivity index (χ1) is 9.27. The van der Waals surface area contributed by atoms with Crippen LogP contribution in [0.1, 0.15) is 12.2 Å². The third-order valence-corrected chi connectivity index (χ3v) is 3.02. The van der Waals surface area contributed by atoms with Crippen molar-refractivity contribution in [2.24, 2.45) is 0 Å². The minimum atomic E-state index is -0.534. The van der Waals surface area contributed by atoms with E-state index in [0.717, 1.165) is 25.3 Å². The van der Waals surface area contributed by atoms with Crippen LogP contribution in [0.3, 0.4) is 0 Å². The van der Waals surface area contributed by atoms with Crippen LogP contribution in [-0.2, 0) is 16.0 Å². The van der Waals surface area contributed by atoms with Gasteiger partial charge in [-0.3, -0.25) is 9.59 Å². The average Bonchev–Trinajstić information content (AvgIpc) is 2.78. The second kappa shape index (κ2) is 6.89. The normalized spacial score (nSPS) is 15.9. The van der Waals surface area contributed by atoms with E-state index in [2.05, 4.69) is 20.6 Å². The molecular formula is C12H19N5O2. The van der Waals surface area contributed by atoms with Crippen molar-refractivity contribution in [3.8, 4) is 0 Å². The molecule has 7 nitrogen and oxygen atoms in total. The lowest BCUT2D eigenvalue weighted by Gasteiger charge is -2.18. The first-order valence-corrected chi connectivity index (χ1v) is 6.53. The van der Waals surface area contributed by atoms with Crippen LogP contribution in [0.5, 0.6) is 0 Å². The van der Waals surface area contributed by atoms with Crippen molar-refractivity contribution in [3.63, 3.8) is 0 Å². The van der Waals surface area contributed by atoms with Crippen molar-refractivity contribution < 1.29 is 9.59 Å². The van der Waals surface area contributed by atoms with Gasteiger partial charge in [0.1, 0.15) is 5.82 Å². The Morgan fingerprint density at radius 3 is 3.05 bits per heavy atom. The number of carbonyl (C=O) groups is 2. The first-order valence-electron chi connectivity index (χ1n) is 6.53. The number of nitrogens with one attached hydrogen (secondary N) is 3. The predicted octanol–water partition coefficient (Wildman–Crippen LogP) is -1.11. The molecule has 19 heavy (non-hydrogen) atoms. The second-order valence-electron chi connectivity index (χ2n) is 4.44.